The Morgan fingerprint density at radius 1 is 1.18 bits per heavy atom. The van der Waals surface area contributed by atoms with Crippen molar-refractivity contribution in [2.45, 2.75) is 33.6 Å². The van der Waals surface area contributed by atoms with E-state index in [2.05, 4.69) is 43.8 Å². The van der Waals surface area contributed by atoms with Crippen LogP contribution in [-0.4, -0.2) is 4.82 Å². The quantitative estimate of drug-likeness (QED) is 0.453. The summed E-state index contributed by atoms with van der Waals surface area (Å²) in [4.78, 5) is 3.25. The first-order valence-corrected chi connectivity index (χ1v) is 6.13. The van der Waals surface area contributed by atoms with Crippen molar-refractivity contribution in [3.63, 3.8) is 0 Å². The number of allylic oxidation sites excluding steroid dienone is 8. The second-order valence-corrected chi connectivity index (χ2v) is 3.39. The summed E-state index contributed by atoms with van der Waals surface area (Å²) < 4.78 is 0. The Labute approximate surface area is 130 Å². The van der Waals surface area contributed by atoms with Gasteiger partial charge in [-0.15, -0.1) is 44.6 Å². The summed E-state index contributed by atoms with van der Waals surface area (Å²) in [5.74, 6) is 0. The normalized spacial score (nSPS) is 14.8. The van der Waals surface area contributed by atoms with Crippen LogP contribution in [0.4, 0.5) is 0 Å². The van der Waals surface area contributed by atoms with Crippen LogP contribution in [0, 0.1) is 12.2 Å². The van der Waals surface area contributed by atoms with Gasteiger partial charge in [-0.3, -0.25) is 12.2 Å². The minimum atomic E-state index is 0. The first-order chi connectivity index (χ1) is 7.22. The van der Waals surface area contributed by atoms with E-state index in [-0.39, 0.29) is 24.8 Å². The van der Waals surface area contributed by atoms with Gasteiger partial charge in [0.25, 0.3) is 0 Å². The summed E-state index contributed by atoms with van der Waals surface area (Å²) in [6.07, 6.45) is 14.3. The molecule has 0 fully saturated rings. The number of halogens is 2. The summed E-state index contributed by atoms with van der Waals surface area (Å²) in [6, 6.07) is 0. The fourth-order valence-electron chi connectivity index (χ4n) is 1.19. The Morgan fingerprint density at radius 3 is 1.88 bits per heavy atom. The molecule has 3 heteroatoms. The molecule has 2 rings (SSSR count). The van der Waals surface area contributed by atoms with E-state index in [1.54, 1.807) is 20.0 Å². The second kappa shape index (κ2) is 14.2. The van der Waals surface area contributed by atoms with E-state index in [9.17, 15) is 0 Å². The Hall–Kier alpha value is 0.124. The van der Waals surface area contributed by atoms with Crippen molar-refractivity contribution < 1.29 is 20.0 Å². The van der Waals surface area contributed by atoms with E-state index in [1.165, 1.54) is 16.7 Å². The summed E-state index contributed by atoms with van der Waals surface area (Å²) in [7, 11) is 0. The van der Waals surface area contributed by atoms with Gasteiger partial charge in [0.05, 0.1) is 0 Å². The van der Waals surface area contributed by atoms with Crippen molar-refractivity contribution >= 4 is 29.6 Å². The third-order valence-corrected chi connectivity index (χ3v) is 2.41. The van der Waals surface area contributed by atoms with Crippen LogP contribution in [0.2, 0.25) is 0 Å². The molecule has 0 unspecified atom stereocenters. The third kappa shape index (κ3) is 9.79. The topological polar surface area (TPSA) is 0 Å². The summed E-state index contributed by atoms with van der Waals surface area (Å²) in [5.41, 5.74) is 4.25. The van der Waals surface area contributed by atoms with Gasteiger partial charge in [0.1, 0.15) is 0 Å². The number of rotatable bonds is 0. The molecule has 0 aliphatic heterocycles. The van der Waals surface area contributed by atoms with Crippen LogP contribution in [-0.2, 0) is 20.0 Å². The Morgan fingerprint density at radius 2 is 1.76 bits per heavy atom. The van der Waals surface area contributed by atoms with Crippen LogP contribution in [0.1, 0.15) is 33.6 Å². The Kier molecular flexibility index (Phi) is 18.6. The molecule has 0 N–H and O–H groups in total. The summed E-state index contributed by atoms with van der Waals surface area (Å²) in [6.45, 7) is 6.44. The van der Waals surface area contributed by atoms with Crippen LogP contribution in [0.5, 0.6) is 0 Å². The zero-order chi connectivity index (χ0) is 11.7. The zero-order valence-corrected chi connectivity index (χ0v) is 13.9. The van der Waals surface area contributed by atoms with Crippen molar-refractivity contribution in [1.29, 1.82) is 0 Å². The summed E-state index contributed by atoms with van der Waals surface area (Å²) >= 11 is 1.75. The maximum atomic E-state index is 3.26. The van der Waals surface area contributed by atoms with Gasteiger partial charge < -0.3 is 0 Å². The standard InChI is InChI=1S/C8H11.C5H5.CH2.2ClH.Ti/c1-6-4-5-7(2)8(6)3;1-2-4-5-3-1;;;;/h4H2,1-3H3;1-3H,4H2;1H2;2*1H;/q2*-1;;;;+2. The molecule has 0 atom stereocenters. The van der Waals surface area contributed by atoms with Crippen LogP contribution < -0.4 is 0 Å². The molecule has 0 spiro atoms. The average Bonchev–Trinajstić information content (AvgIpc) is 2.92. The molecule has 2 aliphatic carbocycles. The Bertz CT molecular complexity index is 297. The van der Waals surface area contributed by atoms with Crippen molar-refractivity contribution in [1.82, 2.24) is 0 Å². The van der Waals surface area contributed by atoms with Crippen molar-refractivity contribution in [3.05, 3.63) is 47.1 Å². The van der Waals surface area contributed by atoms with E-state index < -0.39 is 0 Å². The molecule has 0 aromatic rings. The van der Waals surface area contributed by atoms with E-state index in [0.717, 1.165) is 12.8 Å². The molecule has 0 saturated heterocycles. The van der Waals surface area contributed by atoms with Gasteiger partial charge in [-0.2, -0.15) is 17.2 Å². The van der Waals surface area contributed by atoms with Gasteiger partial charge in [0.15, 0.2) is 0 Å². The van der Waals surface area contributed by atoms with Crippen LogP contribution in [0.3, 0.4) is 0 Å². The van der Waals surface area contributed by atoms with Crippen molar-refractivity contribution in [3.8, 4) is 0 Å². The predicted octanol–water partition coefficient (Wildman–Crippen LogP) is 4.59. The van der Waals surface area contributed by atoms with Gasteiger partial charge in [-0.1, -0.05) is 13.8 Å². The van der Waals surface area contributed by atoms with Gasteiger partial charge in [-0.05, 0) is 0 Å². The molecule has 0 aromatic heterocycles. The Balaban J connectivity index is -0.000000192. The summed E-state index contributed by atoms with van der Waals surface area (Å²) in [5, 5.41) is 0. The molecule has 17 heavy (non-hydrogen) atoms. The van der Waals surface area contributed by atoms with Crippen LogP contribution in [0.15, 0.2) is 34.9 Å². The molecule has 0 radical (unpaired) electrons. The molecule has 0 heterocycles. The first kappa shape index (κ1) is 22.3. The predicted molar refractivity (Wildman–Crippen MR) is 78.6 cm³/mol. The molecule has 2 aliphatic rings. The molecule has 94 valence electrons. The van der Waals surface area contributed by atoms with Crippen LogP contribution >= 0.6 is 24.8 Å². The maximum absolute atomic E-state index is 3.26. The van der Waals surface area contributed by atoms with E-state index >= 15 is 0 Å². The fraction of sp³-hybridized carbons (Fsp3) is 0.357. The molecule has 0 amide bonds. The first-order valence-electron chi connectivity index (χ1n) is 5.03. The van der Waals surface area contributed by atoms with Gasteiger partial charge >= 0.3 is 24.8 Å². The van der Waals surface area contributed by atoms with Gasteiger partial charge in [-0.25, -0.2) is 17.7 Å². The zero-order valence-electron chi connectivity index (χ0n) is 10.7. The monoisotopic (exact) mass is 306 g/mol. The van der Waals surface area contributed by atoms with Gasteiger partial charge in [0, 0.05) is 0 Å². The number of hydrogen-bond donors (Lipinski definition) is 0. The second-order valence-electron chi connectivity index (χ2n) is 3.39. The fourth-order valence-corrected chi connectivity index (χ4v) is 1.19. The number of hydrogen-bond acceptors (Lipinski definition) is 0. The molecular formula is C14H20Cl2Ti. The van der Waals surface area contributed by atoms with Crippen LogP contribution in [0.25, 0.3) is 0 Å². The third-order valence-electron chi connectivity index (χ3n) is 2.41. The SMILES string of the molecule is CC1=[C-]CC(C)=C1C.Cl.Cl.[C-]1=CC=CC1.[CH2]=[Ti+2]. The molecular weight excluding hydrogens is 287 g/mol. The van der Waals surface area contributed by atoms with E-state index in [4.69, 9.17) is 0 Å². The van der Waals surface area contributed by atoms with Crippen molar-refractivity contribution in [2.75, 3.05) is 0 Å². The van der Waals surface area contributed by atoms with Gasteiger partial charge in [0.2, 0.25) is 0 Å². The average molecular weight is 307 g/mol. The minimum absolute atomic E-state index is 0. The molecule has 0 aromatic carbocycles. The molecule has 0 saturated carbocycles. The van der Waals surface area contributed by atoms with E-state index in [0.29, 0.717) is 0 Å². The molecule has 0 nitrogen and oxygen atoms in total. The molecule has 0 bridgehead atoms. The van der Waals surface area contributed by atoms with Crippen molar-refractivity contribution in [2.24, 2.45) is 0 Å². The van der Waals surface area contributed by atoms with E-state index in [1.807, 2.05) is 12.2 Å².